The highest BCUT2D eigenvalue weighted by atomic mass is 16.5. The first-order valence-electron chi connectivity index (χ1n) is 10.4. The van der Waals surface area contributed by atoms with Crippen molar-refractivity contribution in [2.24, 2.45) is 5.92 Å². The molecule has 29 heavy (non-hydrogen) atoms. The van der Waals surface area contributed by atoms with Gasteiger partial charge in [0.2, 0.25) is 5.91 Å². The van der Waals surface area contributed by atoms with Gasteiger partial charge in [-0.25, -0.2) is 4.79 Å². The minimum absolute atomic E-state index is 0.0111. The first kappa shape index (κ1) is 19.5. The van der Waals surface area contributed by atoms with Crippen molar-refractivity contribution < 1.29 is 14.3 Å². The van der Waals surface area contributed by atoms with Crippen LogP contribution in [0.15, 0.2) is 48.5 Å². The SMILES string of the molecule is CC(C)CC(NC(=O)OCC1c2ccccc2-c2ccccc21)C(=O)NC1CC1. The molecule has 1 unspecified atom stereocenters. The highest BCUT2D eigenvalue weighted by molar-refractivity contribution is 5.86. The second-order valence-electron chi connectivity index (χ2n) is 8.43. The maximum atomic E-state index is 12.5. The van der Waals surface area contributed by atoms with Crippen molar-refractivity contribution in [1.82, 2.24) is 10.6 Å². The molecule has 0 aromatic heterocycles. The molecular weight excluding hydrogens is 364 g/mol. The molecule has 0 radical (unpaired) electrons. The lowest BCUT2D eigenvalue weighted by molar-refractivity contribution is -0.123. The summed E-state index contributed by atoms with van der Waals surface area (Å²) in [4.78, 5) is 25.0. The van der Waals surface area contributed by atoms with Crippen LogP contribution in [0.3, 0.4) is 0 Å². The molecule has 1 saturated carbocycles. The van der Waals surface area contributed by atoms with Crippen LogP contribution in [-0.4, -0.2) is 30.7 Å². The van der Waals surface area contributed by atoms with Crippen LogP contribution in [0.5, 0.6) is 0 Å². The number of fused-ring (bicyclic) bond motifs is 3. The maximum absolute atomic E-state index is 12.5. The minimum atomic E-state index is -0.564. The molecule has 2 aromatic rings. The standard InChI is InChI=1S/C24H28N2O3/c1-15(2)13-22(23(27)25-16-11-12-16)26-24(28)29-14-21-19-9-5-3-7-17(19)18-8-4-6-10-20(18)21/h3-10,15-16,21-22H,11-14H2,1-2H3,(H,25,27)(H,26,28). The molecule has 0 spiro atoms. The number of carbonyl (C=O) groups is 2. The van der Waals surface area contributed by atoms with Crippen LogP contribution < -0.4 is 10.6 Å². The first-order chi connectivity index (χ1) is 14.0. The molecule has 0 bridgehead atoms. The van der Waals surface area contributed by atoms with Crippen molar-refractivity contribution in [3.63, 3.8) is 0 Å². The Bertz CT molecular complexity index is 859. The second kappa shape index (κ2) is 8.27. The van der Waals surface area contributed by atoms with Gasteiger partial charge in [-0.05, 0) is 47.4 Å². The topological polar surface area (TPSA) is 67.4 Å². The van der Waals surface area contributed by atoms with Gasteiger partial charge in [-0.2, -0.15) is 0 Å². The van der Waals surface area contributed by atoms with Gasteiger partial charge in [0.15, 0.2) is 0 Å². The van der Waals surface area contributed by atoms with E-state index in [9.17, 15) is 9.59 Å². The number of alkyl carbamates (subject to hydrolysis) is 1. The molecule has 2 N–H and O–H groups in total. The first-order valence-corrected chi connectivity index (χ1v) is 10.4. The summed E-state index contributed by atoms with van der Waals surface area (Å²) in [6.07, 6.45) is 2.09. The fourth-order valence-electron chi connectivity index (χ4n) is 4.01. The van der Waals surface area contributed by atoms with Crippen LogP contribution in [0, 0.1) is 5.92 Å². The summed E-state index contributed by atoms with van der Waals surface area (Å²) in [7, 11) is 0. The number of amides is 2. The number of rotatable bonds is 7. The smallest absolute Gasteiger partial charge is 0.407 e. The maximum Gasteiger partial charge on any atom is 0.407 e. The third-order valence-electron chi connectivity index (χ3n) is 5.58. The molecule has 5 nitrogen and oxygen atoms in total. The summed E-state index contributed by atoms with van der Waals surface area (Å²) < 4.78 is 5.59. The molecule has 2 aromatic carbocycles. The van der Waals surface area contributed by atoms with Crippen LogP contribution in [0.4, 0.5) is 4.79 Å². The van der Waals surface area contributed by atoms with Gasteiger partial charge >= 0.3 is 6.09 Å². The Morgan fingerprint density at radius 1 is 1.00 bits per heavy atom. The molecule has 2 aliphatic carbocycles. The lowest BCUT2D eigenvalue weighted by atomic mass is 9.98. The average molecular weight is 392 g/mol. The molecule has 152 valence electrons. The zero-order valence-corrected chi connectivity index (χ0v) is 17.0. The molecule has 0 saturated heterocycles. The van der Waals surface area contributed by atoms with E-state index < -0.39 is 12.1 Å². The summed E-state index contributed by atoms with van der Waals surface area (Å²) in [6, 6.07) is 16.2. The van der Waals surface area contributed by atoms with Gasteiger partial charge in [0.05, 0.1) is 0 Å². The monoisotopic (exact) mass is 392 g/mol. The van der Waals surface area contributed by atoms with Gasteiger partial charge in [-0.15, -0.1) is 0 Å². The molecule has 5 heteroatoms. The Morgan fingerprint density at radius 2 is 1.59 bits per heavy atom. The van der Waals surface area contributed by atoms with Crippen LogP contribution in [0.2, 0.25) is 0 Å². The average Bonchev–Trinajstić information content (AvgIpc) is 3.46. The number of hydrogen-bond donors (Lipinski definition) is 2. The van der Waals surface area contributed by atoms with Gasteiger partial charge < -0.3 is 15.4 Å². The third-order valence-corrected chi connectivity index (χ3v) is 5.58. The molecule has 0 heterocycles. The van der Waals surface area contributed by atoms with Gasteiger partial charge in [-0.3, -0.25) is 4.79 Å². The summed E-state index contributed by atoms with van der Waals surface area (Å²) in [5.74, 6) is 0.186. The third kappa shape index (κ3) is 4.44. The van der Waals surface area contributed by atoms with E-state index in [2.05, 4.69) is 34.9 Å². The Labute approximate surface area is 171 Å². The van der Waals surface area contributed by atoms with Crippen molar-refractivity contribution in [3.8, 4) is 11.1 Å². The van der Waals surface area contributed by atoms with E-state index >= 15 is 0 Å². The zero-order chi connectivity index (χ0) is 20.4. The van der Waals surface area contributed by atoms with Gasteiger partial charge in [-0.1, -0.05) is 62.4 Å². The highest BCUT2D eigenvalue weighted by Gasteiger charge is 2.31. The van der Waals surface area contributed by atoms with E-state index in [0.717, 1.165) is 12.8 Å². The molecule has 2 amide bonds. The summed E-state index contributed by atoms with van der Waals surface area (Å²) in [5, 5.41) is 5.76. The van der Waals surface area contributed by atoms with Gasteiger partial charge in [0.1, 0.15) is 12.6 Å². The molecule has 1 atom stereocenters. The van der Waals surface area contributed by atoms with Crippen LogP contribution in [0.1, 0.15) is 50.2 Å². The zero-order valence-electron chi connectivity index (χ0n) is 17.0. The Hall–Kier alpha value is -2.82. The van der Waals surface area contributed by atoms with E-state index in [1.54, 1.807) is 0 Å². The van der Waals surface area contributed by atoms with Crippen molar-refractivity contribution in [1.29, 1.82) is 0 Å². The van der Waals surface area contributed by atoms with Crippen LogP contribution in [-0.2, 0) is 9.53 Å². The molecule has 2 aliphatic rings. The van der Waals surface area contributed by atoms with Crippen LogP contribution in [0.25, 0.3) is 11.1 Å². The van der Waals surface area contributed by atoms with Crippen molar-refractivity contribution >= 4 is 12.0 Å². The fourth-order valence-corrected chi connectivity index (χ4v) is 4.01. The van der Waals surface area contributed by atoms with E-state index in [4.69, 9.17) is 4.74 Å². The number of ether oxygens (including phenoxy) is 1. The lowest BCUT2D eigenvalue weighted by Crippen LogP contribution is -2.48. The van der Waals surface area contributed by atoms with Crippen molar-refractivity contribution in [2.75, 3.05) is 6.61 Å². The van der Waals surface area contributed by atoms with E-state index in [1.165, 1.54) is 22.3 Å². The minimum Gasteiger partial charge on any atom is -0.449 e. The fraction of sp³-hybridized carbons (Fsp3) is 0.417. The normalized spacial score (nSPS) is 16.1. The number of carbonyl (C=O) groups excluding carboxylic acids is 2. The lowest BCUT2D eigenvalue weighted by Gasteiger charge is -2.21. The summed E-state index contributed by atoms with van der Waals surface area (Å²) in [6.45, 7) is 4.33. The number of hydrogen-bond acceptors (Lipinski definition) is 3. The second-order valence-corrected chi connectivity index (χ2v) is 8.43. The molecule has 1 fully saturated rings. The molecule has 4 rings (SSSR count). The van der Waals surface area contributed by atoms with Gasteiger partial charge in [0.25, 0.3) is 0 Å². The Balaban J connectivity index is 1.41. The van der Waals surface area contributed by atoms with E-state index in [-0.39, 0.29) is 24.5 Å². The van der Waals surface area contributed by atoms with Crippen molar-refractivity contribution in [2.45, 2.75) is 51.1 Å². The summed E-state index contributed by atoms with van der Waals surface area (Å²) in [5.41, 5.74) is 4.73. The largest absolute Gasteiger partial charge is 0.449 e. The van der Waals surface area contributed by atoms with Gasteiger partial charge in [0, 0.05) is 12.0 Å². The predicted molar refractivity (Wildman–Crippen MR) is 113 cm³/mol. The Kier molecular flexibility index (Phi) is 5.56. The number of benzene rings is 2. The molecule has 0 aliphatic heterocycles. The Morgan fingerprint density at radius 3 is 2.14 bits per heavy atom. The van der Waals surface area contributed by atoms with Crippen molar-refractivity contribution in [3.05, 3.63) is 59.7 Å². The quantitative estimate of drug-likeness (QED) is 0.741. The predicted octanol–water partition coefficient (Wildman–Crippen LogP) is 4.22. The summed E-state index contributed by atoms with van der Waals surface area (Å²) >= 11 is 0. The highest BCUT2D eigenvalue weighted by Crippen LogP contribution is 2.44. The molecular formula is C24H28N2O3. The van der Waals surface area contributed by atoms with E-state index in [1.807, 2.05) is 38.1 Å². The van der Waals surface area contributed by atoms with Crippen LogP contribution >= 0.6 is 0 Å². The van der Waals surface area contributed by atoms with E-state index in [0.29, 0.717) is 12.3 Å². The number of nitrogens with one attached hydrogen (secondary N) is 2.